The third-order valence-electron chi connectivity index (χ3n) is 1.04. The molecule has 48 valence electrons. The summed E-state index contributed by atoms with van der Waals surface area (Å²) in [5, 5.41) is 0. The van der Waals surface area contributed by atoms with Crippen molar-refractivity contribution in [3.63, 3.8) is 0 Å². The van der Waals surface area contributed by atoms with Crippen molar-refractivity contribution in [3.8, 4) is 0 Å². The van der Waals surface area contributed by atoms with Crippen LogP contribution in [0.2, 0.25) is 0 Å². The quantitative estimate of drug-likeness (QED) is 0.614. The molecule has 2 nitrogen and oxygen atoms in total. The summed E-state index contributed by atoms with van der Waals surface area (Å²) in [6.45, 7) is 4.43. The average Bonchev–Trinajstić information content (AvgIpc) is 1.84. The van der Waals surface area contributed by atoms with Crippen LogP contribution in [0.25, 0.3) is 0 Å². The van der Waals surface area contributed by atoms with Crippen molar-refractivity contribution >= 4 is 5.91 Å². The molecule has 0 heterocycles. The van der Waals surface area contributed by atoms with Crippen LogP contribution in [0, 0.1) is 7.05 Å². The number of nitrogens with zero attached hydrogens (tertiary/aromatic N) is 1. The van der Waals surface area contributed by atoms with Crippen LogP contribution in [-0.2, 0) is 37.5 Å². The van der Waals surface area contributed by atoms with Gasteiger partial charge in [-0.3, -0.25) is 11.8 Å². The van der Waals surface area contributed by atoms with Crippen LogP contribution in [0.5, 0.6) is 0 Å². The number of rotatable bonds is 2. The molecule has 0 spiro atoms. The molecule has 0 aromatic heterocycles. The number of carbonyl (C=O) groups is 1. The second-order valence-electron chi connectivity index (χ2n) is 1.60. The topological polar surface area (TPSA) is 20.3 Å². The van der Waals surface area contributed by atoms with Crippen molar-refractivity contribution in [1.82, 2.24) is 4.90 Å². The van der Waals surface area contributed by atoms with Gasteiger partial charge in [0.25, 0.3) is 0 Å². The van der Waals surface area contributed by atoms with Gasteiger partial charge in [0.05, 0.1) is 0 Å². The maximum Gasteiger partial charge on any atom is 3.00 e. The van der Waals surface area contributed by atoms with E-state index in [2.05, 4.69) is 7.05 Å². The van der Waals surface area contributed by atoms with Crippen LogP contribution in [0.1, 0.15) is 20.3 Å². The molecule has 1 amide bonds. The van der Waals surface area contributed by atoms with Gasteiger partial charge in [0.1, 0.15) is 0 Å². The Labute approximate surface area is 81.9 Å². The maximum atomic E-state index is 10.6. The van der Waals surface area contributed by atoms with E-state index in [1.807, 2.05) is 13.8 Å². The summed E-state index contributed by atoms with van der Waals surface area (Å²) in [5.41, 5.74) is 0. The third kappa shape index (κ3) is 5.04. The normalized spacial score (nSPS) is 7.89. The Morgan fingerprint density at radius 3 is 2.11 bits per heavy atom. The van der Waals surface area contributed by atoms with Gasteiger partial charge in [0.15, 0.2) is 5.91 Å². The molecule has 0 rings (SSSR count). The second kappa shape index (κ2) is 6.69. The summed E-state index contributed by atoms with van der Waals surface area (Å²) < 4.78 is 0. The van der Waals surface area contributed by atoms with Crippen molar-refractivity contribution in [2.45, 2.75) is 20.3 Å². The molecule has 3 heteroatoms. The van der Waals surface area contributed by atoms with Crippen LogP contribution in [0.15, 0.2) is 0 Å². The van der Waals surface area contributed by atoms with E-state index < -0.39 is 0 Å². The fraction of sp³-hybridized carbons (Fsp3) is 0.667. The Balaban J connectivity index is 0. The zero-order valence-corrected chi connectivity index (χ0v) is 8.89. The molecule has 0 aromatic carbocycles. The van der Waals surface area contributed by atoms with Gasteiger partial charge in [-0.1, -0.05) is 6.92 Å². The first kappa shape index (κ1) is 12.3. The minimum absolute atomic E-state index is 0. The van der Waals surface area contributed by atoms with Gasteiger partial charge in [-0.05, 0) is 13.5 Å². The molecule has 9 heavy (non-hydrogen) atoms. The summed E-state index contributed by atoms with van der Waals surface area (Å²) in [6.07, 6.45) is 0.553. The van der Waals surface area contributed by atoms with Gasteiger partial charge in [-0.2, -0.15) is 0 Å². The summed E-state index contributed by atoms with van der Waals surface area (Å²) in [7, 11) is 3.51. The van der Waals surface area contributed by atoms with Gasteiger partial charge >= 0.3 is 32.7 Å². The number of amides is 1. The molecular weight excluding hydrogens is 191 g/mol. The Bertz CT molecular complexity index is 85.1. The first-order valence-electron chi connectivity index (χ1n) is 2.83. The van der Waals surface area contributed by atoms with E-state index in [9.17, 15) is 4.79 Å². The summed E-state index contributed by atoms with van der Waals surface area (Å²) in [6, 6.07) is 0. The average molecular weight is 203 g/mol. The Hall–Kier alpha value is 0.574. The molecule has 0 aromatic rings. The van der Waals surface area contributed by atoms with Crippen LogP contribution in [0.4, 0.5) is 0 Å². The van der Waals surface area contributed by atoms with Gasteiger partial charge in [0.2, 0.25) is 0 Å². The minimum Gasteiger partial charge on any atom is -0.496 e. The van der Waals surface area contributed by atoms with Crippen molar-refractivity contribution in [2.75, 3.05) is 6.54 Å². The largest absolute Gasteiger partial charge is 3.00 e. The molecule has 0 saturated carbocycles. The summed E-state index contributed by atoms with van der Waals surface area (Å²) in [4.78, 5) is 12.1. The molecule has 0 radical (unpaired) electrons. The molecule has 0 bridgehead atoms. The molecule has 0 fully saturated rings. The van der Waals surface area contributed by atoms with Crippen molar-refractivity contribution < 1.29 is 37.5 Å². The Morgan fingerprint density at radius 2 is 2.00 bits per heavy atom. The zero-order chi connectivity index (χ0) is 6.57. The van der Waals surface area contributed by atoms with Crippen LogP contribution in [-0.4, -0.2) is 17.4 Å². The fourth-order valence-electron chi connectivity index (χ4n) is 0.400. The summed E-state index contributed by atoms with van der Waals surface area (Å²) in [5.74, 6) is 0.104. The SMILES string of the molecule is [CH2-]N(CC)C(=O)CC.[Y+3]. The molecule has 0 N–H and O–H groups in total. The molecular formula is C6H12NOY+2. The van der Waals surface area contributed by atoms with E-state index in [4.69, 9.17) is 0 Å². The van der Waals surface area contributed by atoms with E-state index in [0.29, 0.717) is 13.0 Å². The molecule has 0 saturated heterocycles. The Morgan fingerprint density at radius 1 is 1.56 bits per heavy atom. The third-order valence-corrected chi connectivity index (χ3v) is 1.04. The van der Waals surface area contributed by atoms with E-state index in [1.54, 1.807) is 0 Å². The number of carbonyl (C=O) groups excluding carboxylic acids is 1. The zero-order valence-electron chi connectivity index (χ0n) is 6.05. The summed E-state index contributed by atoms with van der Waals surface area (Å²) >= 11 is 0. The Kier molecular flexibility index (Phi) is 9.12. The molecule has 0 atom stereocenters. The predicted molar refractivity (Wildman–Crippen MR) is 33.0 cm³/mol. The predicted octanol–water partition coefficient (Wildman–Crippen LogP) is 1.03. The van der Waals surface area contributed by atoms with Gasteiger partial charge in [-0.15, -0.1) is 0 Å². The van der Waals surface area contributed by atoms with Crippen LogP contribution in [0.3, 0.4) is 0 Å². The van der Waals surface area contributed by atoms with Gasteiger partial charge in [-0.25, -0.2) is 0 Å². The minimum atomic E-state index is 0. The monoisotopic (exact) mass is 203 g/mol. The van der Waals surface area contributed by atoms with E-state index in [0.717, 1.165) is 0 Å². The molecule has 0 unspecified atom stereocenters. The molecule has 0 aliphatic heterocycles. The van der Waals surface area contributed by atoms with Gasteiger partial charge in [0, 0.05) is 6.42 Å². The van der Waals surface area contributed by atoms with E-state index >= 15 is 0 Å². The van der Waals surface area contributed by atoms with Crippen molar-refractivity contribution in [1.29, 1.82) is 0 Å². The smallest absolute Gasteiger partial charge is 0.496 e. The van der Waals surface area contributed by atoms with E-state index in [1.165, 1.54) is 4.90 Å². The first-order valence-corrected chi connectivity index (χ1v) is 2.83. The second-order valence-corrected chi connectivity index (χ2v) is 1.60. The fourth-order valence-corrected chi connectivity index (χ4v) is 0.400. The molecule has 0 aliphatic rings. The standard InChI is InChI=1S/C6H12NO.Y/c1-4-6(8)7(3)5-2;/h3-5H2,1-2H3;/q-1;+3. The van der Waals surface area contributed by atoms with Gasteiger partial charge < -0.3 is 4.90 Å². The van der Waals surface area contributed by atoms with Crippen LogP contribution >= 0.6 is 0 Å². The van der Waals surface area contributed by atoms with Crippen molar-refractivity contribution in [3.05, 3.63) is 7.05 Å². The van der Waals surface area contributed by atoms with E-state index in [-0.39, 0.29) is 38.6 Å². The number of hydrogen-bond donors (Lipinski definition) is 0. The van der Waals surface area contributed by atoms with Crippen molar-refractivity contribution in [2.24, 2.45) is 0 Å². The maximum absolute atomic E-state index is 10.6. The van der Waals surface area contributed by atoms with Crippen LogP contribution < -0.4 is 0 Å². The molecule has 0 aliphatic carbocycles. The number of hydrogen-bond acceptors (Lipinski definition) is 1. The first-order chi connectivity index (χ1) is 3.72.